The number of aliphatic hydroxyl groups is 1. The van der Waals surface area contributed by atoms with Crippen LogP contribution < -0.4 is 10.2 Å². The molecule has 0 spiro atoms. The van der Waals surface area contributed by atoms with Gasteiger partial charge in [0, 0.05) is 18.0 Å². The Morgan fingerprint density at radius 1 is 1.23 bits per heavy atom. The highest BCUT2D eigenvalue weighted by molar-refractivity contribution is 7.99. The van der Waals surface area contributed by atoms with Crippen LogP contribution in [0.3, 0.4) is 0 Å². The van der Waals surface area contributed by atoms with Gasteiger partial charge in [-0.15, -0.1) is 10.2 Å². The molecule has 1 saturated heterocycles. The second-order valence-electron chi connectivity index (χ2n) is 6.60. The molecule has 1 aliphatic rings. The lowest BCUT2D eigenvalue weighted by Crippen LogP contribution is -2.52. The molecule has 1 atom stereocenters. The quantitative estimate of drug-likeness (QED) is 0.704. The topological polar surface area (TPSA) is 87.6 Å². The molecule has 0 unspecified atom stereocenters. The number of halogens is 4. The van der Waals surface area contributed by atoms with Gasteiger partial charge in [-0.05, 0) is 37.3 Å². The first-order valence-electron chi connectivity index (χ1n) is 8.82. The fourth-order valence-corrected chi connectivity index (χ4v) is 3.55. The first kappa shape index (κ1) is 22.6. The number of amides is 1. The highest BCUT2D eigenvalue weighted by Gasteiger charge is 2.55. The predicted molar refractivity (Wildman–Crippen MR) is 106 cm³/mol. The third kappa shape index (κ3) is 5.15. The van der Waals surface area contributed by atoms with E-state index in [1.54, 1.807) is 12.1 Å². The molecule has 7 nitrogen and oxygen atoms in total. The van der Waals surface area contributed by atoms with E-state index in [2.05, 4.69) is 15.1 Å². The van der Waals surface area contributed by atoms with Crippen molar-refractivity contribution in [3.63, 3.8) is 0 Å². The zero-order valence-corrected chi connectivity index (χ0v) is 17.3. The van der Waals surface area contributed by atoms with Crippen LogP contribution in [0.2, 0.25) is 5.02 Å². The summed E-state index contributed by atoms with van der Waals surface area (Å²) in [7, 11) is 0. The molecule has 1 aromatic heterocycles. The van der Waals surface area contributed by atoms with Crippen molar-refractivity contribution >= 4 is 40.8 Å². The maximum atomic E-state index is 12.8. The van der Waals surface area contributed by atoms with Crippen molar-refractivity contribution in [2.45, 2.75) is 28.6 Å². The summed E-state index contributed by atoms with van der Waals surface area (Å²) in [6, 6.07) is 8.03. The van der Waals surface area contributed by atoms with Gasteiger partial charge in [0.15, 0.2) is 5.82 Å². The Morgan fingerprint density at radius 2 is 1.93 bits per heavy atom. The van der Waals surface area contributed by atoms with Gasteiger partial charge in [-0.3, -0.25) is 4.79 Å². The number of anilines is 2. The van der Waals surface area contributed by atoms with E-state index in [0.717, 1.165) is 18.9 Å². The Morgan fingerprint density at radius 3 is 2.50 bits per heavy atom. The molecule has 1 amide bonds. The van der Waals surface area contributed by atoms with Gasteiger partial charge < -0.3 is 20.1 Å². The molecule has 0 aliphatic carbocycles. The van der Waals surface area contributed by atoms with Crippen LogP contribution in [0, 0.1) is 0 Å². The van der Waals surface area contributed by atoms with Crippen molar-refractivity contribution in [1.82, 2.24) is 10.2 Å². The number of carbonyl (C=O) groups is 1. The zero-order valence-electron chi connectivity index (χ0n) is 15.7. The number of hydrogen-bond acceptors (Lipinski definition) is 7. The molecule has 12 heteroatoms. The second-order valence-corrected chi connectivity index (χ2v) is 8.10. The number of morpholine rings is 1. The third-order valence-corrected chi connectivity index (χ3v) is 5.60. The van der Waals surface area contributed by atoms with Crippen LogP contribution >= 0.6 is 23.4 Å². The summed E-state index contributed by atoms with van der Waals surface area (Å²) in [5, 5.41) is 20.4. The molecule has 162 valence electrons. The van der Waals surface area contributed by atoms with Gasteiger partial charge in [0.1, 0.15) is 5.03 Å². The first-order valence-corrected chi connectivity index (χ1v) is 10.0. The van der Waals surface area contributed by atoms with E-state index < -0.39 is 17.7 Å². The van der Waals surface area contributed by atoms with Crippen LogP contribution in [-0.2, 0) is 9.53 Å². The molecule has 2 aromatic rings. The molecule has 1 aliphatic heterocycles. The van der Waals surface area contributed by atoms with Crippen molar-refractivity contribution in [3.8, 4) is 0 Å². The molecule has 1 aromatic carbocycles. The van der Waals surface area contributed by atoms with Gasteiger partial charge >= 0.3 is 6.18 Å². The maximum Gasteiger partial charge on any atom is 0.426 e. The molecule has 0 radical (unpaired) electrons. The molecule has 2 heterocycles. The number of nitrogens with zero attached hydrogens (tertiary/aromatic N) is 3. The number of nitrogens with one attached hydrogen (secondary N) is 1. The lowest BCUT2D eigenvalue weighted by atomic mass is 10.1. The average molecular weight is 463 g/mol. The Labute approximate surface area is 179 Å². The van der Waals surface area contributed by atoms with Crippen molar-refractivity contribution in [2.75, 3.05) is 36.5 Å². The zero-order chi connectivity index (χ0) is 21.9. The van der Waals surface area contributed by atoms with E-state index in [1.807, 2.05) is 11.4 Å². The minimum atomic E-state index is -5.12. The van der Waals surface area contributed by atoms with Crippen LogP contribution in [-0.4, -0.2) is 59.3 Å². The average Bonchev–Trinajstić information content (AvgIpc) is 2.70. The Balaban J connectivity index is 1.66. The van der Waals surface area contributed by atoms with Crippen molar-refractivity contribution < 1.29 is 27.8 Å². The van der Waals surface area contributed by atoms with Crippen LogP contribution in [0.1, 0.15) is 6.92 Å². The summed E-state index contributed by atoms with van der Waals surface area (Å²) in [5.74, 6) is -0.877. The number of alkyl halides is 3. The Kier molecular flexibility index (Phi) is 6.75. The molecule has 2 N–H and O–H groups in total. The molecule has 0 bridgehead atoms. The SMILES string of the molecule is C[C@@](O)(C(=O)Nc1ccc(Sc2ccc(N3CCOCC3)nn2)cc1Cl)C(F)(F)F. The van der Waals surface area contributed by atoms with Crippen LogP contribution in [0.25, 0.3) is 0 Å². The second kappa shape index (κ2) is 8.96. The highest BCUT2D eigenvalue weighted by atomic mass is 35.5. The molecule has 3 rings (SSSR count). The maximum absolute atomic E-state index is 12.8. The number of hydrogen-bond donors (Lipinski definition) is 2. The van der Waals surface area contributed by atoms with Crippen LogP contribution in [0.5, 0.6) is 0 Å². The highest BCUT2D eigenvalue weighted by Crippen LogP contribution is 2.34. The minimum Gasteiger partial charge on any atom is -0.378 e. The Hall–Kier alpha value is -2.08. The van der Waals surface area contributed by atoms with E-state index in [1.165, 1.54) is 23.9 Å². The standard InChI is InChI=1S/C18H18ClF3N4O3S/c1-17(28,18(20,21)22)16(27)23-13-3-2-11(10-12(13)19)30-15-5-4-14(24-25-15)26-6-8-29-9-7-26/h2-5,10,28H,6-9H2,1H3,(H,23,27)/t17-/m1/s1. The fourth-order valence-electron chi connectivity index (χ4n) is 2.48. The van der Waals surface area contributed by atoms with E-state index in [4.69, 9.17) is 16.3 Å². The summed E-state index contributed by atoms with van der Waals surface area (Å²) in [6.45, 7) is 3.13. The lowest BCUT2D eigenvalue weighted by molar-refractivity contribution is -0.242. The van der Waals surface area contributed by atoms with E-state index in [-0.39, 0.29) is 10.7 Å². The van der Waals surface area contributed by atoms with Gasteiger partial charge in [0.25, 0.3) is 5.91 Å². The molecule has 0 saturated carbocycles. The minimum absolute atomic E-state index is 0.0178. The van der Waals surface area contributed by atoms with Gasteiger partial charge in [-0.25, -0.2) is 0 Å². The molecular formula is C18H18ClF3N4O3S. The van der Waals surface area contributed by atoms with Crippen molar-refractivity contribution in [3.05, 3.63) is 35.4 Å². The number of carbonyl (C=O) groups excluding carboxylic acids is 1. The summed E-state index contributed by atoms with van der Waals surface area (Å²) < 4.78 is 43.6. The van der Waals surface area contributed by atoms with Gasteiger partial charge in [-0.1, -0.05) is 23.4 Å². The predicted octanol–water partition coefficient (Wildman–Crippen LogP) is 3.37. The van der Waals surface area contributed by atoms with Gasteiger partial charge in [-0.2, -0.15) is 13.2 Å². The smallest absolute Gasteiger partial charge is 0.378 e. The summed E-state index contributed by atoms with van der Waals surface area (Å²) in [4.78, 5) is 14.5. The van der Waals surface area contributed by atoms with Gasteiger partial charge in [0.2, 0.25) is 5.60 Å². The van der Waals surface area contributed by atoms with E-state index in [0.29, 0.717) is 30.1 Å². The van der Waals surface area contributed by atoms with Crippen LogP contribution in [0.15, 0.2) is 40.3 Å². The Bertz CT molecular complexity index is 907. The van der Waals surface area contributed by atoms with Crippen LogP contribution in [0.4, 0.5) is 24.7 Å². The van der Waals surface area contributed by atoms with Crippen molar-refractivity contribution in [2.24, 2.45) is 0 Å². The molecule has 30 heavy (non-hydrogen) atoms. The number of rotatable bonds is 5. The number of ether oxygens (including phenoxy) is 1. The monoisotopic (exact) mass is 462 g/mol. The summed E-state index contributed by atoms with van der Waals surface area (Å²) in [5.41, 5.74) is -3.59. The van der Waals surface area contributed by atoms with Crippen molar-refractivity contribution in [1.29, 1.82) is 0 Å². The molecular weight excluding hydrogens is 445 g/mol. The number of aromatic nitrogens is 2. The molecule has 1 fully saturated rings. The first-order chi connectivity index (χ1) is 14.1. The lowest BCUT2D eigenvalue weighted by Gasteiger charge is -2.27. The normalized spacial score (nSPS) is 16.8. The number of benzene rings is 1. The summed E-state index contributed by atoms with van der Waals surface area (Å²) in [6.07, 6.45) is -5.12. The van der Waals surface area contributed by atoms with E-state index >= 15 is 0 Å². The summed E-state index contributed by atoms with van der Waals surface area (Å²) >= 11 is 7.34. The third-order valence-electron chi connectivity index (χ3n) is 4.37. The van der Waals surface area contributed by atoms with E-state index in [9.17, 15) is 23.1 Å². The largest absolute Gasteiger partial charge is 0.426 e. The van der Waals surface area contributed by atoms with Gasteiger partial charge in [0.05, 0.1) is 23.9 Å². The fraction of sp³-hybridized carbons (Fsp3) is 0.389.